The van der Waals surface area contributed by atoms with Crippen molar-refractivity contribution in [3.05, 3.63) is 76.8 Å². The van der Waals surface area contributed by atoms with Gasteiger partial charge in [-0.25, -0.2) is 4.98 Å². The molecule has 0 atom stereocenters. The van der Waals surface area contributed by atoms with Crippen LogP contribution >= 0.6 is 0 Å². The summed E-state index contributed by atoms with van der Waals surface area (Å²) < 4.78 is 0. The van der Waals surface area contributed by atoms with Gasteiger partial charge in [-0.05, 0) is 24.3 Å². The lowest BCUT2D eigenvalue weighted by Crippen LogP contribution is -2.27. The second kappa shape index (κ2) is 7.39. The summed E-state index contributed by atoms with van der Waals surface area (Å²) in [5, 5.41) is 2.40. The van der Waals surface area contributed by atoms with Crippen molar-refractivity contribution in [1.29, 1.82) is 0 Å². The zero-order valence-electron chi connectivity index (χ0n) is 15.3. The number of nitrogens with zero attached hydrogens (tertiary/aromatic N) is 3. The third-order valence-electron chi connectivity index (χ3n) is 4.09. The van der Waals surface area contributed by atoms with E-state index < -0.39 is 17.4 Å². The molecule has 0 aliphatic carbocycles. The maximum atomic E-state index is 13.3. The molecule has 3 N–H and O–H groups in total. The lowest BCUT2D eigenvalue weighted by atomic mass is 10.2. The van der Waals surface area contributed by atoms with Gasteiger partial charge in [-0.2, -0.15) is 4.98 Å². The van der Waals surface area contributed by atoms with Gasteiger partial charge in [-0.1, -0.05) is 36.4 Å². The fourth-order valence-corrected chi connectivity index (χ4v) is 2.88. The SMILES string of the molecule is CC(=O)Nc1nc2nc(C(=O)N(c3ccccc3)c3ccccc3)[nH]c2c(=O)[nH]1. The molecule has 0 saturated carbocycles. The largest absolute Gasteiger partial charge is 0.328 e. The van der Waals surface area contributed by atoms with Crippen LogP contribution in [0, 0.1) is 0 Å². The van der Waals surface area contributed by atoms with Crippen molar-refractivity contribution in [3.8, 4) is 0 Å². The minimum absolute atomic E-state index is 0.0296. The number of hydrogen-bond donors (Lipinski definition) is 3. The number of carbonyl (C=O) groups is 2. The van der Waals surface area contributed by atoms with Gasteiger partial charge in [0.1, 0.15) is 0 Å². The quantitative estimate of drug-likeness (QED) is 0.496. The summed E-state index contributed by atoms with van der Waals surface area (Å²) >= 11 is 0. The maximum absolute atomic E-state index is 13.3. The number of carbonyl (C=O) groups excluding carboxylic acids is 2. The van der Waals surface area contributed by atoms with Gasteiger partial charge in [0.15, 0.2) is 17.0 Å². The van der Waals surface area contributed by atoms with E-state index in [2.05, 4.69) is 25.3 Å². The Bertz CT molecular complexity index is 1210. The van der Waals surface area contributed by atoms with E-state index in [4.69, 9.17) is 0 Å². The van der Waals surface area contributed by atoms with Crippen LogP contribution in [0.25, 0.3) is 11.2 Å². The van der Waals surface area contributed by atoms with Crippen LogP contribution in [0.15, 0.2) is 65.5 Å². The van der Waals surface area contributed by atoms with Gasteiger partial charge in [0.2, 0.25) is 11.9 Å². The Morgan fingerprint density at radius 3 is 2.03 bits per heavy atom. The molecule has 0 radical (unpaired) electrons. The summed E-state index contributed by atoms with van der Waals surface area (Å²) in [7, 11) is 0. The summed E-state index contributed by atoms with van der Waals surface area (Å²) in [6, 6.07) is 18.2. The predicted molar refractivity (Wildman–Crippen MR) is 108 cm³/mol. The van der Waals surface area contributed by atoms with Crippen molar-refractivity contribution in [3.63, 3.8) is 0 Å². The number of para-hydroxylation sites is 2. The molecule has 0 bridgehead atoms. The van der Waals surface area contributed by atoms with Crippen molar-refractivity contribution in [1.82, 2.24) is 19.9 Å². The number of imidazole rings is 1. The molecule has 4 rings (SSSR count). The number of rotatable bonds is 4. The van der Waals surface area contributed by atoms with Crippen LogP contribution in [0.5, 0.6) is 0 Å². The number of aromatic nitrogens is 4. The summed E-state index contributed by atoms with van der Waals surface area (Å²) in [6.45, 7) is 1.29. The number of hydrogen-bond acceptors (Lipinski definition) is 5. The molecule has 0 aliphatic heterocycles. The van der Waals surface area contributed by atoms with E-state index in [9.17, 15) is 14.4 Å². The van der Waals surface area contributed by atoms with E-state index in [0.29, 0.717) is 11.4 Å². The molecule has 2 aromatic carbocycles. The van der Waals surface area contributed by atoms with Gasteiger partial charge < -0.3 is 4.98 Å². The summed E-state index contributed by atoms with van der Waals surface area (Å²) in [6.07, 6.45) is 0. The van der Waals surface area contributed by atoms with Crippen molar-refractivity contribution in [2.45, 2.75) is 6.92 Å². The van der Waals surface area contributed by atoms with E-state index in [1.807, 2.05) is 36.4 Å². The Morgan fingerprint density at radius 2 is 1.48 bits per heavy atom. The minimum Gasteiger partial charge on any atom is -0.328 e. The number of H-pyrrole nitrogens is 2. The van der Waals surface area contributed by atoms with Gasteiger partial charge in [0.05, 0.1) is 0 Å². The van der Waals surface area contributed by atoms with E-state index in [0.717, 1.165) is 0 Å². The summed E-state index contributed by atoms with van der Waals surface area (Å²) in [5.41, 5.74) is 0.816. The summed E-state index contributed by atoms with van der Waals surface area (Å²) in [4.78, 5) is 51.7. The molecule has 0 unspecified atom stereocenters. The number of fused-ring (bicyclic) bond motifs is 1. The Balaban J connectivity index is 1.80. The topological polar surface area (TPSA) is 124 Å². The van der Waals surface area contributed by atoms with Crippen LogP contribution in [0.1, 0.15) is 17.5 Å². The number of amides is 2. The van der Waals surface area contributed by atoms with E-state index in [1.165, 1.54) is 11.8 Å². The zero-order chi connectivity index (χ0) is 20.4. The third kappa shape index (κ3) is 3.61. The fraction of sp³-hybridized carbons (Fsp3) is 0.0500. The monoisotopic (exact) mass is 388 g/mol. The molecule has 2 amide bonds. The van der Waals surface area contributed by atoms with Crippen molar-refractivity contribution in [2.75, 3.05) is 10.2 Å². The highest BCUT2D eigenvalue weighted by molar-refractivity contribution is 6.09. The molecule has 144 valence electrons. The standard InChI is InChI=1S/C20H16N6O3/c1-12(27)21-20-24-16-15(18(28)25-20)22-17(23-16)19(29)26(13-8-4-2-5-9-13)14-10-6-3-7-11-14/h2-11H,1H3,(H3,21,22,23,24,25,27,28). The number of benzene rings is 2. The molecule has 0 saturated heterocycles. The second-order valence-corrected chi connectivity index (χ2v) is 6.19. The van der Waals surface area contributed by atoms with Crippen LogP contribution in [-0.2, 0) is 4.79 Å². The van der Waals surface area contributed by atoms with Gasteiger partial charge in [0, 0.05) is 18.3 Å². The molecule has 29 heavy (non-hydrogen) atoms. The summed E-state index contributed by atoms with van der Waals surface area (Å²) in [5.74, 6) is -0.936. The molecule has 2 aromatic heterocycles. The third-order valence-corrected chi connectivity index (χ3v) is 4.09. The highest BCUT2D eigenvalue weighted by Gasteiger charge is 2.24. The van der Waals surface area contributed by atoms with Crippen LogP contribution < -0.4 is 15.8 Å². The van der Waals surface area contributed by atoms with Crippen LogP contribution in [0.4, 0.5) is 17.3 Å². The molecule has 0 spiro atoms. The molecule has 9 heteroatoms. The first kappa shape index (κ1) is 18.1. The average Bonchev–Trinajstić information content (AvgIpc) is 3.14. The number of nitrogens with one attached hydrogen (secondary N) is 3. The molecule has 0 aliphatic rings. The second-order valence-electron chi connectivity index (χ2n) is 6.19. The van der Waals surface area contributed by atoms with Gasteiger partial charge >= 0.3 is 0 Å². The first-order chi connectivity index (χ1) is 14.0. The van der Waals surface area contributed by atoms with Crippen LogP contribution in [0.2, 0.25) is 0 Å². The molecule has 0 fully saturated rings. The van der Waals surface area contributed by atoms with Crippen molar-refractivity contribution < 1.29 is 9.59 Å². The normalized spacial score (nSPS) is 10.7. The highest BCUT2D eigenvalue weighted by Crippen LogP contribution is 2.26. The van der Waals surface area contributed by atoms with E-state index >= 15 is 0 Å². The Kier molecular flexibility index (Phi) is 4.62. The highest BCUT2D eigenvalue weighted by atomic mass is 16.2. The molecule has 2 heterocycles. The molecule has 4 aromatic rings. The van der Waals surface area contributed by atoms with Crippen molar-refractivity contribution in [2.24, 2.45) is 0 Å². The van der Waals surface area contributed by atoms with Gasteiger partial charge in [-0.15, -0.1) is 0 Å². The first-order valence-corrected chi connectivity index (χ1v) is 8.75. The zero-order valence-corrected chi connectivity index (χ0v) is 15.3. The van der Waals surface area contributed by atoms with Crippen LogP contribution in [0.3, 0.4) is 0 Å². The number of anilines is 3. The Labute approximate surface area is 164 Å². The number of aromatic amines is 2. The Morgan fingerprint density at radius 1 is 0.897 bits per heavy atom. The molecule has 9 nitrogen and oxygen atoms in total. The molecular weight excluding hydrogens is 372 g/mol. The lowest BCUT2D eigenvalue weighted by molar-refractivity contribution is -0.114. The fourth-order valence-electron chi connectivity index (χ4n) is 2.88. The first-order valence-electron chi connectivity index (χ1n) is 8.75. The van der Waals surface area contributed by atoms with Gasteiger partial charge in [0.25, 0.3) is 11.5 Å². The van der Waals surface area contributed by atoms with Gasteiger partial charge in [-0.3, -0.25) is 29.6 Å². The average molecular weight is 388 g/mol. The molecular formula is C20H16N6O3. The minimum atomic E-state index is -0.545. The van der Waals surface area contributed by atoms with Crippen molar-refractivity contribution >= 4 is 40.3 Å². The predicted octanol–water partition coefficient (Wildman–Crippen LogP) is 2.58. The van der Waals surface area contributed by atoms with E-state index in [-0.39, 0.29) is 22.9 Å². The smallest absolute Gasteiger partial charge is 0.298 e. The van der Waals surface area contributed by atoms with Crippen LogP contribution in [-0.4, -0.2) is 31.8 Å². The Hall–Kier alpha value is -4.27. The maximum Gasteiger partial charge on any atom is 0.298 e. The van der Waals surface area contributed by atoms with E-state index in [1.54, 1.807) is 24.3 Å². The lowest BCUT2D eigenvalue weighted by Gasteiger charge is -2.21.